The van der Waals surface area contributed by atoms with Crippen LogP contribution >= 0.6 is 0 Å². The Morgan fingerprint density at radius 2 is 1.28 bits per heavy atom. The molecule has 1 unspecified atom stereocenters. The average Bonchev–Trinajstić information content (AvgIpc) is 3.83. The predicted molar refractivity (Wildman–Crippen MR) is 208 cm³/mol. The Morgan fingerprint density at radius 1 is 0.560 bits per heavy atom. The van der Waals surface area contributed by atoms with Crippen molar-refractivity contribution in [3.05, 3.63) is 186 Å². The fourth-order valence-corrected chi connectivity index (χ4v) is 9.24. The van der Waals surface area contributed by atoms with E-state index in [0.29, 0.717) is 0 Å². The third-order valence-corrected chi connectivity index (χ3v) is 11.5. The van der Waals surface area contributed by atoms with Crippen molar-refractivity contribution >= 4 is 49.7 Å². The molecule has 236 valence electrons. The van der Waals surface area contributed by atoms with E-state index in [0.717, 1.165) is 22.2 Å². The minimum Gasteiger partial charge on any atom is -0.455 e. The van der Waals surface area contributed by atoms with Gasteiger partial charge in [-0.1, -0.05) is 141 Å². The van der Waals surface area contributed by atoms with E-state index < -0.39 is 0 Å². The number of allylic oxidation sites excluding steroid dienone is 3. The summed E-state index contributed by atoms with van der Waals surface area (Å²) >= 11 is 0. The van der Waals surface area contributed by atoms with Gasteiger partial charge in [-0.15, -0.1) is 0 Å². The maximum atomic E-state index is 6.70. The largest absolute Gasteiger partial charge is 0.455 e. The topological polar surface area (TPSA) is 16.4 Å². The van der Waals surface area contributed by atoms with Gasteiger partial charge < -0.3 is 9.32 Å². The van der Waals surface area contributed by atoms with Gasteiger partial charge in [0.25, 0.3) is 0 Å². The molecule has 3 aliphatic carbocycles. The van der Waals surface area contributed by atoms with Gasteiger partial charge in [-0.25, -0.2) is 0 Å². The summed E-state index contributed by atoms with van der Waals surface area (Å²) < 4.78 is 6.70. The Labute approximate surface area is 291 Å². The highest BCUT2D eigenvalue weighted by Crippen LogP contribution is 2.57. The van der Waals surface area contributed by atoms with Crippen LogP contribution < -0.4 is 4.90 Å². The molecule has 1 atom stereocenters. The summed E-state index contributed by atoms with van der Waals surface area (Å²) in [5.41, 5.74) is 17.1. The molecule has 0 N–H and O–H groups in total. The van der Waals surface area contributed by atoms with Crippen LogP contribution in [0.15, 0.2) is 168 Å². The van der Waals surface area contributed by atoms with Gasteiger partial charge in [0.15, 0.2) is 0 Å². The van der Waals surface area contributed by atoms with E-state index in [1.165, 1.54) is 77.6 Å². The third kappa shape index (κ3) is 3.63. The SMILES string of the molecule is CC1(C)c2ccc(N(C3=CC=C4c5ccccc5-c5ccccc5C43)c3cccc4ccccc34)cc2-c2c1ccc1c2oc2ccccc21. The Hall–Kier alpha value is -6.12. The molecule has 50 heavy (non-hydrogen) atoms. The maximum absolute atomic E-state index is 6.70. The minimum atomic E-state index is -0.159. The summed E-state index contributed by atoms with van der Waals surface area (Å²) in [5.74, 6) is 0.0964. The molecule has 0 radical (unpaired) electrons. The average molecular weight is 640 g/mol. The zero-order valence-electron chi connectivity index (χ0n) is 27.9. The van der Waals surface area contributed by atoms with Crippen LogP contribution in [0.2, 0.25) is 0 Å². The number of benzene rings is 7. The second kappa shape index (κ2) is 9.96. The van der Waals surface area contributed by atoms with E-state index in [-0.39, 0.29) is 11.3 Å². The van der Waals surface area contributed by atoms with Gasteiger partial charge in [0.05, 0.1) is 11.6 Å². The smallest absolute Gasteiger partial charge is 0.143 e. The second-order valence-electron chi connectivity index (χ2n) is 14.4. The van der Waals surface area contributed by atoms with Gasteiger partial charge in [-0.3, -0.25) is 0 Å². The van der Waals surface area contributed by atoms with Gasteiger partial charge >= 0.3 is 0 Å². The number of nitrogens with zero attached hydrogens (tertiary/aromatic N) is 1. The zero-order valence-corrected chi connectivity index (χ0v) is 27.9. The predicted octanol–water partition coefficient (Wildman–Crippen LogP) is 12.9. The first-order chi connectivity index (χ1) is 24.6. The zero-order chi connectivity index (χ0) is 33.1. The number of rotatable bonds is 3. The summed E-state index contributed by atoms with van der Waals surface area (Å²) in [6.07, 6.45) is 4.72. The van der Waals surface area contributed by atoms with Crippen molar-refractivity contribution in [2.45, 2.75) is 25.2 Å². The molecule has 8 aromatic rings. The molecule has 11 rings (SSSR count). The molecule has 1 aromatic heterocycles. The molecular formula is C48H33NO. The number of para-hydroxylation sites is 1. The van der Waals surface area contributed by atoms with Crippen molar-refractivity contribution in [2.24, 2.45) is 0 Å². The van der Waals surface area contributed by atoms with Gasteiger partial charge in [0.2, 0.25) is 0 Å². The van der Waals surface area contributed by atoms with Crippen molar-refractivity contribution in [3.63, 3.8) is 0 Å². The molecule has 0 fully saturated rings. The van der Waals surface area contributed by atoms with Crippen molar-refractivity contribution in [1.82, 2.24) is 0 Å². The number of hydrogen-bond acceptors (Lipinski definition) is 2. The standard InChI is InChI=1S/C48H33NO/c1-48(2)40-25-22-30(28-39(40)46-41(48)26-23-38-35-18-9-10-21-44(35)50-47(38)46)49(42-20-11-13-29-12-3-4-14-31(29)42)43-27-24-37-34-17-6-5-15-32(34)33-16-7-8-19-36(33)45(37)43/h3-28,45H,1-2H3. The number of furan rings is 1. The van der Waals surface area contributed by atoms with E-state index in [1.807, 2.05) is 0 Å². The normalized spacial score (nSPS) is 16.4. The molecular weight excluding hydrogens is 607 g/mol. The molecule has 3 aliphatic rings. The lowest BCUT2D eigenvalue weighted by atomic mass is 9.75. The molecule has 1 heterocycles. The number of fused-ring (bicyclic) bond motifs is 14. The van der Waals surface area contributed by atoms with E-state index in [9.17, 15) is 0 Å². The molecule has 2 heteroatoms. The minimum absolute atomic E-state index is 0.0964. The molecule has 0 saturated heterocycles. The first kappa shape index (κ1) is 27.8. The summed E-state index contributed by atoms with van der Waals surface area (Å²) in [5, 5.41) is 4.79. The second-order valence-corrected chi connectivity index (χ2v) is 14.4. The van der Waals surface area contributed by atoms with Gasteiger partial charge in [-0.05, 0) is 80.2 Å². The lowest BCUT2D eigenvalue weighted by Gasteiger charge is -2.36. The Morgan fingerprint density at radius 3 is 2.18 bits per heavy atom. The highest BCUT2D eigenvalue weighted by Gasteiger charge is 2.40. The lowest BCUT2D eigenvalue weighted by Crippen LogP contribution is -2.23. The summed E-state index contributed by atoms with van der Waals surface area (Å²) in [6, 6.07) is 53.4. The lowest BCUT2D eigenvalue weighted by molar-refractivity contribution is 0.653. The fourth-order valence-electron chi connectivity index (χ4n) is 9.24. The van der Waals surface area contributed by atoms with Crippen LogP contribution in [0.25, 0.3) is 60.5 Å². The van der Waals surface area contributed by atoms with Crippen LogP contribution in [-0.4, -0.2) is 0 Å². The van der Waals surface area contributed by atoms with Crippen LogP contribution in [0.1, 0.15) is 42.0 Å². The fraction of sp³-hybridized carbons (Fsp3) is 0.0833. The molecule has 0 bridgehead atoms. The van der Waals surface area contributed by atoms with Crippen LogP contribution in [0, 0.1) is 0 Å². The van der Waals surface area contributed by atoms with Crippen molar-refractivity contribution < 1.29 is 4.42 Å². The van der Waals surface area contributed by atoms with E-state index in [1.54, 1.807) is 0 Å². The van der Waals surface area contributed by atoms with Crippen LogP contribution in [0.5, 0.6) is 0 Å². The Kier molecular flexibility index (Phi) is 5.54. The molecule has 2 nitrogen and oxygen atoms in total. The molecule has 0 amide bonds. The summed E-state index contributed by atoms with van der Waals surface area (Å²) in [7, 11) is 0. The molecule has 0 saturated carbocycles. The Bertz CT molecular complexity index is 2800. The van der Waals surface area contributed by atoms with Crippen molar-refractivity contribution in [2.75, 3.05) is 4.90 Å². The first-order valence-electron chi connectivity index (χ1n) is 17.6. The van der Waals surface area contributed by atoms with Gasteiger partial charge in [0, 0.05) is 38.5 Å². The van der Waals surface area contributed by atoms with Crippen LogP contribution in [0.3, 0.4) is 0 Å². The molecule has 0 spiro atoms. The van der Waals surface area contributed by atoms with Crippen molar-refractivity contribution in [3.8, 4) is 22.3 Å². The molecule has 0 aliphatic heterocycles. The van der Waals surface area contributed by atoms with E-state index in [4.69, 9.17) is 4.42 Å². The monoisotopic (exact) mass is 639 g/mol. The number of anilines is 2. The molecule has 7 aromatic carbocycles. The van der Waals surface area contributed by atoms with Crippen molar-refractivity contribution in [1.29, 1.82) is 0 Å². The summed E-state index contributed by atoms with van der Waals surface area (Å²) in [6.45, 7) is 4.70. The quantitative estimate of drug-likeness (QED) is 0.191. The summed E-state index contributed by atoms with van der Waals surface area (Å²) in [4.78, 5) is 2.53. The highest BCUT2D eigenvalue weighted by atomic mass is 16.3. The van der Waals surface area contributed by atoms with Crippen LogP contribution in [0.4, 0.5) is 11.4 Å². The van der Waals surface area contributed by atoms with E-state index in [2.05, 4.69) is 176 Å². The Balaban J connectivity index is 1.17. The number of hydrogen-bond donors (Lipinski definition) is 0. The maximum Gasteiger partial charge on any atom is 0.143 e. The highest BCUT2D eigenvalue weighted by molar-refractivity contribution is 6.12. The van der Waals surface area contributed by atoms with Crippen LogP contribution in [-0.2, 0) is 5.41 Å². The van der Waals surface area contributed by atoms with E-state index >= 15 is 0 Å². The van der Waals surface area contributed by atoms with Gasteiger partial charge in [-0.2, -0.15) is 0 Å². The third-order valence-electron chi connectivity index (χ3n) is 11.5. The first-order valence-corrected chi connectivity index (χ1v) is 17.6. The van der Waals surface area contributed by atoms with Gasteiger partial charge in [0.1, 0.15) is 11.2 Å².